The molecule has 7 nitrogen and oxygen atoms in total. The van der Waals surface area contributed by atoms with E-state index in [-0.39, 0.29) is 29.3 Å². The van der Waals surface area contributed by atoms with Crippen LogP contribution in [0.1, 0.15) is 23.3 Å². The van der Waals surface area contributed by atoms with Gasteiger partial charge in [0.25, 0.3) is 0 Å². The van der Waals surface area contributed by atoms with E-state index in [9.17, 15) is 13.2 Å². The highest BCUT2D eigenvalue weighted by atomic mass is 35.5. The number of pyridine rings is 1. The summed E-state index contributed by atoms with van der Waals surface area (Å²) in [6, 6.07) is 0.897. The van der Waals surface area contributed by atoms with E-state index >= 15 is 0 Å². The van der Waals surface area contributed by atoms with Gasteiger partial charge in [0.05, 0.1) is 16.6 Å². The summed E-state index contributed by atoms with van der Waals surface area (Å²) in [6.45, 7) is 2.91. The largest absolute Gasteiger partial charge is 0.417 e. The number of hydrogen-bond acceptors (Lipinski definition) is 7. The molecule has 150 valence electrons. The number of likely N-dealkylation sites (N-methyl/N-ethyl adjacent to an activating group) is 1. The lowest BCUT2D eigenvalue weighted by atomic mass is 10.2. The number of halogens is 5. The highest BCUT2D eigenvalue weighted by Gasteiger charge is 2.31. The minimum atomic E-state index is -4.48. The third-order valence-electron chi connectivity index (χ3n) is 4.09. The quantitative estimate of drug-likeness (QED) is 0.760. The lowest BCUT2D eigenvalue weighted by molar-refractivity contribution is -0.137. The van der Waals surface area contributed by atoms with E-state index in [0.717, 1.165) is 31.9 Å². The molecule has 1 saturated heterocycles. The molecule has 3 rings (SSSR count). The number of rotatable bonds is 5. The molecule has 3 heterocycles. The van der Waals surface area contributed by atoms with Gasteiger partial charge in [0.1, 0.15) is 5.82 Å². The molecular formula is C15H19Cl2F3N6O. The van der Waals surface area contributed by atoms with E-state index in [1.807, 2.05) is 7.05 Å². The molecule has 1 unspecified atom stereocenters. The van der Waals surface area contributed by atoms with Gasteiger partial charge in [-0.05, 0) is 13.1 Å². The summed E-state index contributed by atoms with van der Waals surface area (Å²) in [6.07, 6.45) is -3.34. The van der Waals surface area contributed by atoms with Gasteiger partial charge in [-0.15, -0.1) is 12.4 Å². The summed E-state index contributed by atoms with van der Waals surface area (Å²) in [5.74, 6) is 1.23. The Balaban J connectivity index is 0.00000261. The molecule has 12 heteroatoms. The molecule has 2 N–H and O–H groups in total. The number of hydrogen-bond donors (Lipinski definition) is 2. The van der Waals surface area contributed by atoms with E-state index in [1.165, 1.54) is 0 Å². The van der Waals surface area contributed by atoms with Crippen molar-refractivity contribution in [2.24, 2.45) is 0 Å². The molecule has 0 spiro atoms. The second kappa shape index (κ2) is 9.05. The van der Waals surface area contributed by atoms with Gasteiger partial charge in [0, 0.05) is 38.8 Å². The van der Waals surface area contributed by atoms with Gasteiger partial charge >= 0.3 is 6.18 Å². The Morgan fingerprint density at radius 3 is 2.89 bits per heavy atom. The number of nitrogens with one attached hydrogen (secondary N) is 2. The maximum atomic E-state index is 12.6. The van der Waals surface area contributed by atoms with Gasteiger partial charge in [0.2, 0.25) is 5.89 Å². The minimum Gasteiger partial charge on any atom is -0.368 e. The molecule has 2 aromatic heterocycles. The minimum absolute atomic E-state index is 0. The smallest absolute Gasteiger partial charge is 0.368 e. The van der Waals surface area contributed by atoms with Crippen LogP contribution in [0.25, 0.3) is 0 Å². The molecule has 0 radical (unpaired) electrons. The van der Waals surface area contributed by atoms with Gasteiger partial charge < -0.3 is 15.2 Å². The van der Waals surface area contributed by atoms with Crippen molar-refractivity contribution < 1.29 is 17.7 Å². The summed E-state index contributed by atoms with van der Waals surface area (Å²) in [5, 5.41) is 10.1. The lowest BCUT2D eigenvalue weighted by Gasteiger charge is -2.30. The molecule has 1 atom stereocenters. The third-order valence-corrected chi connectivity index (χ3v) is 4.38. The summed E-state index contributed by atoms with van der Waals surface area (Å²) < 4.78 is 43.0. The second-order valence-corrected chi connectivity index (χ2v) is 6.38. The first-order chi connectivity index (χ1) is 12.3. The Bertz CT molecular complexity index is 757. The first-order valence-corrected chi connectivity index (χ1v) is 8.42. The summed E-state index contributed by atoms with van der Waals surface area (Å²) in [5.41, 5.74) is -0.889. The van der Waals surface area contributed by atoms with E-state index in [1.54, 1.807) is 0 Å². The highest BCUT2D eigenvalue weighted by Crippen LogP contribution is 2.32. The first kappa shape index (κ1) is 21.7. The van der Waals surface area contributed by atoms with E-state index in [4.69, 9.17) is 16.1 Å². The molecule has 27 heavy (non-hydrogen) atoms. The number of piperazine rings is 1. The van der Waals surface area contributed by atoms with Gasteiger partial charge in [-0.25, -0.2) is 4.98 Å². The topological polar surface area (TPSA) is 79.1 Å². The van der Waals surface area contributed by atoms with E-state index in [2.05, 4.69) is 30.7 Å². The predicted molar refractivity (Wildman–Crippen MR) is 96.2 cm³/mol. The Labute approximate surface area is 165 Å². The fourth-order valence-corrected chi connectivity index (χ4v) is 2.84. The number of aromatic nitrogens is 3. The zero-order chi connectivity index (χ0) is 18.7. The highest BCUT2D eigenvalue weighted by molar-refractivity contribution is 6.32. The van der Waals surface area contributed by atoms with Crippen LogP contribution >= 0.6 is 24.0 Å². The molecule has 2 aromatic rings. The predicted octanol–water partition coefficient (Wildman–Crippen LogP) is 2.79. The van der Waals surface area contributed by atoms with Gasteiger partial charge in [-0.2, -0.15) is 18.2 Å². The van der Waals surface area contributed by atoms with Crippen molar-refractivity contribution >= 4 is 29.8 Å². The van der Waals surface area contributed by atoms with Crippen LogP contribution in [0.4, 0.5) is 19.0 Å². The number of alkyl halides is 3. The first-order valence-electron chi connectivity index (χ1n) is 8.04. The number of nitrogens with zero attached hydrogens (tertiary/aromatic N) is 4. The van der Waals surface area contributed by atoms with Crippen molar-refractivity contribution in [2.45, 2.75) is 18.6 Å². The zero-order valence-electron chi connectivity index (χ0n) is 14.4. The van der Waals surface area contributed by atoms with E-state index in [0.29, 0.717) is 24.7 Å². The van der Waals surface area contributed by atoms with Crippen LogP contribution in [0.2, 0.25) is 5.02 Å². The third kappa shape index (κ3) is 5.44. The van der Waals surface area contributed by atoms with Crippen LogP contribution < -0.4 is 10.6 Å². The van der Waals surface area contributed by atoms with Crippen LogP contribution in [0.3, 0.4) is 0 Å². The maximum Gasteiger partial charge on any atom is 0.417 e. The fourth-order valence-electron chi connectivity index (χ4n) is 2.61. The molecule has 0 saturated carbocycles. The van der Waals surface area contributed by atoms with Crippen molar-refractivity contribution in [3.8, 4) is 0 Å². The monoisotopic (exact) mass is 426 g/mol. The molecule has 1 aliphatic rings. The second-order valence-electron chi connectivity index (χ2n) is 5.98. The normalized spacial score (nSPS) is 18.2. The van der Waals surface area contributed by atoms with E-state index < -0.39 is 11.7 Å². The van der Waals surface area contributed by atoms with Crippen molar-refractivity contribution in [3.05, 3.63) is 34.6 Å². The Morgan fingerprint density at radius 1 is 1.44 bits per heavy atom. The average Bonchev–Trinajstić information content (AvgIpc) is 3.04. The van der Waals surface area contributed by atoms with Gasteiger partial charge in [0.15, 0.2) is 5.82 Å². The Morgan fingerprint density at radius 2 is 2.22 bits per heavy atom. The standard InChI is InChI=1S/C15H18ClF3N6O.ClH/c1-25-5-4-20-8-11(25)14-23-12(26-24-14)2-3-21-13-10(16)6-9(7-22-13)15(17,18)19;/h6-7,11,20H,2-5,8H2,1H3,(H,21,22);1H. The molecule has 0 aliphatic carbocycles. The van der Waals surface area contributed by atoms with Gasteiger partial charge in [-0.1, -0.05) is 16.8 Å². The van der Waals surface area contributed by atoms with Crippen LogP contribution in [0.15, 0.2) is 16.8 Å². The van der Waals surface area contributed by atoms with Crippen molar-refractivity contribution in [3.63, 3.8) is 0 Å². The van der Waals surface area contributed by atoms with Crippen molar-refractivity contribution in [1.82, 2.24) is 25.3 Å². The molecular weight excluding hydrogens is 408 g/mol. The Hall–Kier alpha value is -1.62. The maximum absolute atomic E-state index is 12.6. The molecule has 1 fully saturated rings. The lowest BCUT2D eigenvalue weighted by Crippen LogP contribution is -2.44. The SMILES string of the molecule is CN1CCNCC1c1noc(CCNc2ncc(C(F)(F)F)cc2Cl)n1.Cl. The van der Waals surface area contributed by atoms with Gasteiger partial charge in [-0.3, -0.25) is 4.90 Å². The summed E-state index contributed by atoms with van der Waals surface area (Å²) in [7, 11) is 2.00. The summed E-state index contributed by atoms with van der Waals surface area (Å²) in [4.78, 5) is 10.3. The molecule has 1 aliphatic heterocycles. The molecule has 0 amide bonds. The van der Waals surface area contributed by atoms with Crippen molar-refractivity contribution in [2.75, 3.05) is 38.5 Å². The zero-order valence-corrected chi connectivity index (χ0v) is 16.0. The van der Waals surface area contributed by atoms with Crippen LogP contribution in [0.5, 0.6) is 0 Å². The van der Waals surface area contributed by atoms with Crippen LogP contribution in [0, 0.1) is 0 Å². The number of anilines is 1. The van der Waals surface area contributed by atoms with Crippen LogP contribution in [-0.2, 0) is 12.6 Å². The molecule has 0 bridgehead atoms. The summed E-state index contributed by atoms with van der Waals surface area (Å²) >= 11 is 5.85. The molecule has 0 aromatic carbocycles. The fraction of sp³-hybridized carbons (Fsp3) is 0.533. The average molecular weight is 427 g/mol. The Kier molecular flexibility index (Phi) is 7.26. The van der Waals surface area contributed by atoms with Crippen molar-refractivity contribution in [1.29, 1.82) is 0 Å². The van der Waals surface area contributed by atoms with Crippen LogP contribution in [-0.4, -0.2) is 53.3 Å².